The van der Waals surface area contributed by atoms with Gasteiger partial charge in [-0.25, -0.2) is 0 Å². The third-order valence-corrected chi connectivity index (χ3v) is 0. The van der Waals surface area contributed by atoms with Crippen molar-refractivity contribution in [1.29, 1.82) is 0 Å². The van der Waals surface area contributed by atoms with E-state index in [2.05, 4.69) is 0 Å². The Labute approximate surface area is 49.4 Å². The van der Waals surface area contributed by atoms with E-state index in [0.29, 0.717) is 0 Å². The van der Waals surface area contributed by atoms with E-state index in [1.54, 1.807) is 0 Å². The summed E-state index contributed by atoms with van der Waals surface area (Å²) in [6.07, 6.45) is 0. The van der Waals surface area contributed by atoms with Gasteiger partial charge in [-0.2, -0.15) is 0 Å². The zero-order valence-electron chi connectivity index (χ0n) is 2.79. The van der Waals surface area contributed by atoms with Gasteiger partial charge in [0.05, 0.1) is 0 Å². The maximum absolute atomic E-state index is 8.56. The van der Waals surface area contributed by atoms with Crippen LogP contribution in [0.25, 0.3) is 0 Å². The summed E-state index contributed by atoms with van der Waals surface area (Å²) in [6.45, 7) is 0. The molecule has 0 heterocycles. The molecule has 0 saturated carbocycles. The van der Waals surface area contributed by atoms with Crippen LogP contribution in [0.4, 0.5) is 0 Å². The van der Waals surface area contributed by atoms with Crippen molar-refractivity contribution in [3.63, 3.8) is 0 Å². The first-order valence-corrected chi connectivity index (χ1v) is 1.55. The summed E-state index contributed by atoms with van der Waals surface area (Å²) in [5, 5.41) is 0. The molecule has 6 heavy (non-hydrogen) atoms. The van der Waals surface area contributed by atoms with Crippen LogP contribution in [0.1, 0.15) is 0 Å². The molecule has 0 aromatic rings. The summed E-state index contributed by atoms with van der Waals surface area (Å²) >= 11 is 0. The normalized spacial score (nSPS) is 5.67. The molecule has 0 rings (SSSR count). The van der Waals surface area contributed by atoms with Crippen LogP contribution in [0.15, 0.2) is 0 Å². The summed E-state index contributed by atoms with van der Waals surface area (Å²) in [7, 11) is -2.86. The van der Waals surface area contributed by atoms with Crippen LogP contribution in [-0.2, 0) is 44.4 Å². The average molecular weight is 162 g/mol. The van der Waals surface area contributed by atoms with E-state index in [4.69, 9.17) is 13.0 Å². The Morgan fingerprint density at radius 1 is 1.33 bits per heavy atom. The largest absolute Gasteiger partial charge is 2.00 e. The SMILES string of the molecule is O=[S-](=O)O.[O-2].[Zn+2]. The molecule has 0 aliphatic carbocycles. The summed E-state index contributed by atoms with van der Waals surface area (Å²) in [5.74, 6) is 0. The van der Waals surface area contributed by atoms with Crippen molar-refractivity contribution >= 4 is 11.0 Å². The van der Waals surface area contributed by atoms with Crippen molar-refractivity contribution in [2.45, 2.75) is 0 Å². The maximum atomic E-state index is 8.56. The van der Waals surface area contributed by atoms with Crippen molar-refractivity contribution < 1.29 is 37.9 Å². The van der Waals surface area contributed by atoms with Crippen molar-refractivity contribution in [3.8, 4) is 0 Å². The smallest absolute Gasteiger partial charge is 2.00 e. The summed E-state index contributed by atoms with van der Waals surface area (Å²) in [5.41, 5.74) is 0. The molecule has 0 atom stereocenters. The third-order valence-electron chi connectivity index (χ3n) is 0. The molecule has 0 saturated heterocycles. The van der Waals surface area contributed by atoms with E-state index >= 15 is 0 Å². The van der Waals surface area contributed by atoms with Crippen molar-refractivity contribution in [2.24, 2.45) is 0 Å². The second kappa shape index (κ2) is 9.09. The van der Waals surface area contributed by atoms with Crippen LogP contribution in [-0.4, -0.2) is 4.55 Å². The first-order valence-electron chi connectivity index (χ1n) is 0.516. The molecule has 0 spiro atoms. The molecule has 34 valence electrons. The van der Waals surface area contributed by atoms with Gasteiger partial charge in [-0.05, 0) is 0 Å². The van der Waals surface area contributed by atoms with Gasteiger partial charge in [0.2, 0.25) is 0 Å². The first kappa shape index (κ1) is 16.1. The summed E-state index contributed by atoms with van der Waals surface area (Å²) in [6, 6.07) is 0. The van der Waals surface area contributed by atoms with Crippen molar-refractivity contribution in [2.75, 3.05) is 0 Å². The number of hydrogen-bond acceptors (Lipinski definition) is 3. The second-order valence-corrected chi connectivity index (χ2v) is 0.651. The Balaban J connectivity index is -0.0000000450. The minimum absolute atomic E-state index is 0. The van der Waals surface area contributed by atoms with Crippen LogP contribution in [0.5, 0.6) is 0 Å². The third kappa shape index (κ3) is 225. The maximum Gasteiger partial charge on any atom is 2.00 e. The minimum atomic E-state index is -2.86. The van der Waals surface area contributed by atoms with Crippen LogP contribution in [0, 0.1) is 0 Å². The average Bonchev–Trinajstić information content (AvgIpc) is 0.811. The van der Waals surface area contributed by atoms with E-state index in [1.165, 1.54) is 0 Å². The van der Waals surface area contributed by atoms with Crippen LogP contribution in [0.2, 0.25) is 0 Å². The molecular weight excluding hydrogens is 161 g/mol. The molecule has 0 radical (unpaired) electrons. The number of rotatable bonds is 0. The molecule has 0 aliphatic heterocycles. The Morgan fingerprint density at radius 3 is 1.33 bits per heavy atom. The zero-order valence-corrected chi connectivity index (χ0v) is 6.57. The molecule has 6 heteroatoms. The van der Waals surface area contributed by atoms with Crippen molar-refractivity contribution in [1.82, 2.24) is 0 Å². The Bertz CT molecular complexity index is 55.9. The van der Waals surface area contributed by atoms with Crippen LogP contribution >= 0.6 is 0 Å². The summed E-state index contributed by atoms with van der Waals surface area (Å²) < 4.78 is 24.1. The molecule has 0 amide bonds. The van der Waals surface area contributed by atoms with E-state index in [0.717, 1.165) is 0 Å². The predicted molar refractivity (Wildman–Crippen MR) is 12.1 cm³/mol. The van der Waals surface area contributed by atoms with E-state index in [-0.39, 0.29) is 25.0 Å². The molecule has 0 aromatic carbocycles. The monoisotopic (exact) mass is 161 g/mol. The fraction of sp³-hybridized carbons (Fsp3) is 0. The second-order valence-electron chi connectivity index (χ2n) is 0.217. The fourth-order valence-electron chi connectivity index (χ4n) is 0. The van der Waals surface area contributed by atoms with E-state index in [9.17, 15) is 0 Å². The molecule has 0 aromatic heterocycles. The molecule has 4 nitrogen and oxygen atoms in total. The van der Waals surface area contributed by atoms with Crippen LogP contribution in [0.3, 0.4) is 0 Å². The van der Waals surface area contributed by atoms with Crippen LogP contribution < -0.4 is 0 Å². The molecular formula is HO4SZn-. The fourth-order valence-corrected chi connectivity index (χ4v) is 0. The predicted octanol–water partition coefficient (Wildman–Crippen LogP) is -0.353. The molecule has 0 fully saturated rings. The van der Waals surface area contributed by atoms with Gasteiger partial charge in [-0.1, -0.05) is 0 Å². The molecule has 1 N–H and O–H groups in total. The van der Waals surface area contributed by atoms with Gasteiger partial charge in [-0.3, -0.25) is 0 Å². The quantitative estimate of drug-likeness (QED) is 0.229. The Morgan fingerprint density at radius 2 is 1.33 bits per heavy atom. The zero-order chi connectivity index (χ0) is 3.58. The van der Waals surface area contributed by atoms with Gasteiger partial charge in [0.25, 0.3) is 0 Å². The van der Waals surface area contributed by atoms with Gasteiger partial charge in [0, 0.05) is 11.0 Å². The van der Waals surface area contributed by atoms with E-state index < -0.39 is 11.0 Å². The Hall–Kier alpha value is 0.493. The van der Waals surface area contributed by atoms with Gasteiger partial charge in [-0.15, -0.1) is 0 Å². The molecule has 0 bridgehead atoms. The molecule has 0 aliphatic rings. The van der Waals surface area contributed by atoms with E-state index in [1.807, 2.05) is 0 Å². The van der Waals surface area contributed by atoms with Crippen molar-refractivity contribution in [3.05, 3.63) is 0 Å². The topological polar surface area (TPSA) is 82.9 Å². The number of hydrogen-bond donors (Lipinski definition) is 1. The van der Waals surface area contributed by atoms with Gasteiger partial charge in [0.15, 0.2) is 0 Å². The minimum Gasteiger partial charge on any atom is -2.00 e. The molecule has 0 unspecified atom stereocenters. The van der Waals surface area contributed by atoms with Gasteiger partial charge < -0.3 is 18.4 Å². The van der Waals surface area contributed by atoms with Gasteiger partial charge >= 0.3 is 19.5 Å². The first-order chi connectivity index (χ1) is 1.73. The Kier molecular flexibility index (Phi) is 24.3. The summed E-state index contributed by atoms with van der Waals surface area (Å²) in [4.78, 5) is 0. The standard InChI is InChI=1S/HO3S.O.Zn/c1-4(2)3;;/h(H,1,2,3);;/q-1;-2;+2. The van der Waals surface area contributed by atoms with Gasteiger partial charge in [0.1, 0.15) is 0 Å².